The van der Waals surface area contributed by atoms with E-state index in [0.717, 1.165) is 64.9 Å². The molecule has 0 saturated heterocycles. The van der Waals surface area contributed by atoms with Crippen molar-refractivity contribution in [3.8, 4) is 5.75 Å². The number of H-pyrrole nitrogens is 1. The summed E-state index contributed by atoms with van der Waals surface area (Å²) >= 11 is 0. The number of nitrogens with two attached hydrogens (primary N) is 1. The minimum absolute atomic E-state index is 0.720. The third-order valence-electron chi connectivity index (χ3n) is 4.93. The first-order valence-electron chi connectivity index (χ1n) is 9.04. The van der Waals surface area contributed by atoms with Crippen LogP contribution in [0.5, 0.6) is 5.75 Å². The summed E-state index contributed by atoms with van der Waals surface area (Å²) in [5, 5.41) is 8.23. The van der Waals surface area contributed by atoms with Gasteiger partial charge in [-0.3, -0.25) is 0 Å². The summed E-state index contributed by atoms with van der Waals surface area (Å²) < 4.78 is 5.38. The van der Waals surface area contributed by atoms with Crippen molar-refractivity contribution in [2.75, 3.05) is 25.5 Å². The van der Waals surface area contributed by atoms with Crippen LogP contribution in [-0.2, 0) is 0 Å². The summed E-state index contributed by atoms with van der Waals surface area (Å²) in [5.41, 5.74) is 9.01. The fourth-order valence-corrected chi connectivity index (χ4v) is 3.56. The van der Waals surface area contributed by atoms with E-state index in [1.807, 2.05) is 12.3 Å². The number of anilines is 1. The summed E-state index contributed by atoms with van der Waals surface area (Å²) in [5.74, 6) is 1.79. The number of aromatic nitrogens is 2. The van der Waals surface area contributed by atoms with Gasteiger partial charge in [-0.2, -0.15) is 0 Å². The third-order valence-corrected chi connectivity index (χ3v) is 4.93. The molecule has 0 unspecified atom stereocenters. The first-order chi connectivity index (χ1) is 12.7. The molecular weight excluding hydrogens is 324 g/mol. The first kappa shape index (κ1) is 16.7. The molecule has 0 saturated carbocycles. The van der Waals surface area contributed by atoms with E-state index in [0.29, 0.717) is 0 Å². The second-order valence-corrected chi connectivity index (χ2v) is 6.66. The number of methoxy groups -OCH3 is 1. The highest BCUT2D eigenvalue weighted by molar-refractivity contribution is 6.23. The first-order valence-corrected chi connectivity index (χ1v) is 9.04. The highest BCUT2D eigenvalue weighted by Gasteiger charge is 2.15. The molecular formula is C21H24N4O. The third kappa shape index (κ3) is 2.74. The van der Waals surface area contributed by atoms with Gasteiger partial charge in [-0.1, -0.05) is 6.07 Å². The molecule has 26 heavy (non-hydrogen) atoms. The average Bonchev–Trinajstić information content (AvgIpc) is 3.07. The van der Waals surface area contributed by atoms with E-state index < -0.39 is 0 Å². The molecule has 4 aromatic rings. The summed E-state index contributed by atoms with van der Waals surface area (Å²) in [7, 11) is 1.70. The van der Waals surface area contributed by atoms with Crippen LogP contribution in [0.25, 0.3) is 32.6 Å². The Hall–Kier alpha value is -2.79. The Morgan fingerprint density at radius 2 is 2.04 bits per heavy atom. The van der Waals surface area contributed by atoms with Crippen LogP contribution >= 0.6 is 0 Å². The zero-order valence-corrected chi connectivity index (χ0v) is 15.2. The number of ether oxygens (including phenoxy) is 1. The smallest absolute Gasteiger partial charge is 0.136 e. The van der Waals surface area contributed by atoms with Gasteiger partial charge in [0.05, 0.1) is 18.0 Å². The van der Waals surface area contributed by atoms with Gasteiger partial charge in [-0.15, -0.1) is 0 Å². The van der Waals surface area contributed by atoms with Crippen molar-refractivity contribution in [1.82, 2.24) is 9.97 Å². The number of hydrogen-bond donors (Lipinski definition) is 3. The van der Waals surface area contributed by atoms with E-state index in [4.69, 9.17) is 10.5 Å². The minimum atomic E-state index is 0.720. The van der Waals surface area contributed by atoms with Gasteiger partial charge in [0.2, 0.25) is 0 Å². The van der Waals surface area contributed by atoms with Crippen molar-refractivity contribution in [2.24, 2.45) is 5.73 Å². The second kappa shape index (κ2) is 6.84. The largest absolute Gasteiger partial charge is 0.497 e. The number of rotatable bonds is 6. The molecule has 0 amide bonds. The lowest BCUT2D eigenvalue weighted by Gasteiger charge is -2.09. The highest BCUT2D eigenvalue weighted by atomic mass is 16.5. The molecule has 134 valence electrons. The Labute approximate surface area is 152 Å². The van der Waals surface area contributed by atoms with E-state index in [-0.39, 0.29) is 0 Å². The number of benzene rings is 2. The number of nitrogens with zero attached hydrogens (tertiary/aromatic N) is 1. The van der Waals surface area contributed by atoms with Gasteiger partial charge < -0.3 is 20.8 Å². The van der Waals surface area contributed by atoms with Crippen molar-refractivity contribution in [2.45, 2.75) is 19.8 Å². The summed E-state index contributed by atoms with van der Waals surface area (Å²) in [6.07, 6.45) is 3.97. The van der Waals surface area contributed by atoms with Gasteiger partial charge >= 0.3 is 0 Å². The molecule has 0 atom stereocenters. The van der Waals surface area contributed by atoms with Gasteiger partial charge in [0.25, 0.3) is 0 Å². The van der Waals surface area contributed by atoms with Gasteiger partial charge in [0, 0.05) is 23.6 Å². The number of unbranched alkanes of at least 4 members (excludes halogenated alkanes) is 1. The maximum Gasteiger partial charge on any atom is 0.136 e. The van der Waals surface area contributed by atoms with E-state index >= 15 is 0 Å². The maximum atomic E-state index is 5.60. The molecule has 0 radical (unpaired) electrons. The highest BCUT2D eigenvalue weighted by Crippen LogP contribution is 2.37. The summed E-state index contributed by atoms with van der Waals surface area (Å²) in [6, 6.07) is 10.5. The molecule has 4 N–H and O–H groups in total. The minimum Gasteiger partial charge on any atom is -0.497 e. The zero-order valence-electron chi connectivity index (χ0n) is 15.2. The summed E-state index contributed by atoms with van der Waals surface area (Å²) in [6.45, 7) is 3.68. The molecule has 0 spiro atoms. The number of aromatic amines is 1. The Morgan fingerprint density at radius 3 is 2.85 bits per heavy atom. The lowest BCUT2D eigenvalue weighted by molar-refractivity contribution is 0.415. The second-order valence-electron chi connectivity index (χ2n) is 6.66. The predicted octanol–water partition coefficient (Wildman–Crippen LogP) is 4.34. The van der Waals surface area contributed by atoms with Crippen LogP contribution in [-0.4, -0.2) is 30.2 Å². The number of pyridine rings is 1. The fraction of sp³-hybridized carbons (Fsp3) is 0.286. The zero-order chi connectivity index (χ0) is 18.1. The summed E-state index contributed by atoms with van der Waals surface area (Å²) in [4.78, 5) is 8.26. The van der Waals surface area contributed by atoms with Gasteiger partial charge in [0.1, 0.15) is 11.6 Å². The van der Waals surface area contributed by atoms with Crippen LogP contribution in [0, 0.1) is 6.92 Å². The molecule has 2 aromatic heterocycles. The molecule has 0 bridgehead atoms. The van der Waals surface area contributed by atoms with E-state index in [9.17, 15) is 0 Å². The Balaban J connectivity index is 1.95. The monoisotopic (exact) mass is 348 g/mol. The lowest BCUT2D eigenvalue weighted by atomic mass is 10.0. The molecule has 0 aliphatic carbocycles. The molecule has 2 aromatic carbocycles. The fourth-order valence-electron chi connectivity index (χ4n) is 3.56. The molecule has 0 aliphatic rings. The number of nitrogens with one attached hydrogen (secondary N) is 2. The maximum absolute atomic E-state index is 5.60. The van der Waals surface area contributed by atoms with Gasteiger partial charge in [0.15, 0.2) is 0 Å². The molecule has 5 nitrogen and oxygen atoms in total. The lowest BCUT2D eigenvalue weighted by Crippen LogP contribution is -2.07. The van der Waals surface area contributed by atoms with Crippen LogP contribution in [0.1, 0.15) is 18.4 Å². The quantitative estimate of drug-likeness (QED) is 0.453. The van der Waals surface area contributed by atoms with Crippen molar-refractivity contribution >= 4 is 38.4 Å². The number of fused-ring (bicyclic) bond motifs is 5. The normalized spacial score (nSPS) is 11.5. The van der Waals surface area contributed by atoms with Crippen molar-refractivity contribution in [3.63, 3.8) is 0 Å². The van der Waals surface area contributed by atoms with Crippen LogP contribution in [0.15, 0.2) is 36.5 Å². The topological polar surface area (TPSA) is 76.0 Å². The van der Waals surface area contributed by atoms with Crippen LogP contribution in [0.2, 0.25) is 0 Å². The van der Waals surface area contributed by atoms with E-state index in [1.165, 1.54) is 10.8 Å². The molecule has 5 heteroatoms. The van der Waals surface area contributed by atoms with Crippen LogP contribution in [0.4, 0.5) is 5.82 Å². The molecule has 0 fully saturated rings. The standard InChI is InChI=1S/C21H24N4O/c1-13-12-24-21(23-10-4-3-9-22)19-18-16-7-6-15(26-2)11-14(16)5-8-17(18)25-20(13)19/h5-8,11-12,25H,3-4,9-10,22H2,1-2H3,(H,23,24). The Bertz CT molecular complexity index is 1080. The van der Waals surface area contributed by atoms with E-state index in [2.05, 4.69) is 46.5 Å². The average molecular weight is 348 g/mol. The van der Waals surface area contributed by atoms with E-state index in [1.54, 1.807) is 7.11 Å². The number of aryl methyl sites for hydroxylation is 1. The molecule has 4 rings (SSSR count). The van der Waals surface area contributed by atoms with Crippen LogP contribution in [0.3, 0.4) is 0 Å². The Kier molecular flexibility index (Phi) is 4.39. The predicted molar refractivity (Wildman–Crippen MR) is 109 cm³/mol. The van der Waals surface area contributed by atoms with Crippen molar-refractivity contribution in [1.29, 1.82) is 0 Å². The Morgan fingerprint density at radius 1 is 1.15 bits per heavy atom. The van der Waals surface area contributed by atoms with Gasteiger partial charge in [-0.25, -0.2) is 4.98 Å². The number of hydrogen-bond acceptors (Lipinski definition) is 4. The van der Waals surface area contributed by atoms with Crippen LogP contribution < -0.4 is 15.8 Å². The molecule has 2 heterocycles. The van der Waals surface area contributed by atoms with Crippen molar-refractivity contribution < 1.29 is 4.74 Å². The SMILES string of the molecule is COc1ccc2c(ccc3[nH]c4c(C)cnc(NCCCCN)c4c32)c1. The van der Waals surface area contributed by atoms with Crippen molar-refractivity contribution in [3.05, 3.63) is 42.1 Å². The molecule has 0 aliphatic heterocycles. The van der Waals surface area contributed by atoms with Gasteiger partial charge in [-0.05, 0) is 66.9 Å².